The number of hydrogen-bond donors (Lipinski definition) is 1. The van der Waals surface area contributed by atoms with Gasteiger partial charge in [-0.25, -0.2) is 4.98 Å². The van der Waals surface area contributed by atoms with Crippen LogP contribution in [-0.4, -0.2) is 38.4 Å². The Kier molecular flexibility index (Phi) is 5.99. The van der Waals surface area contributed by atoms with Gasteiger partial charge in [0.15, 0.2) is 0 Å². The Hall–Kier alpha value is -4.40. The lowest BCUT2D eigenvalue weighted by Crippen LogP contribution is -2.30. The number of rotatable bonds is 5. The lowest BCUT2D eigenvalue weighted by molar-refractivity contribution is -0.137. The van der Waals surface area contributed by atoms with E-state index in [1.54, 1.807) is 12.3 Å². The number of H-pyrrole nitrogens is 1. The minimum absolute atomic E-state index is 0.140. The molecule has 208 valence electrons. The number of fused-ring (bicyclic) bond motifs is 2. The van der Waals surface area contributed by atoms with Crippen molar-refractivity contribution in [3.05, 3.63) is 88.8 Å². The highest BCUT2D eigenvalue weighted by Gasteiger charge is 2.37. The summed E-state index contributed by atoms with van der Waals surface area (Å²) in [5.41, 5.74) is 2.76. The van der Waals surface area contributed by atoms with E-state index < -0.39 is 11.7 Å². The lowest BCUT2D eigenvalue weighted by atomic mass is 10.0. The van der Waals surface area contributed by atoms with Gasteiger partial charge in [-0.3, -0.25) is 9.59 Å². The molecule has 1 N–H and O–H groups in total. The fraction of sp³-hybridized carbons (Fsp3) is 0.281. The molecule has 1 aliphatic carbocycles. The van der Waals surface area contributed by atoms with Gasteiger partial charge in [-0.2, -0.15) is 13.2 Å². The summed E-state index contributed by atoms with van der Waals surface area (Å²) in [6.07, 6.45) is -0.0596. The molecule has 0 spiro atoms. The van der Waals surface area contributed by atoms with Gasteiger partial charge in [0.05, 0.1) is 16.6 Å². The number of aromatic nitrogens is 3. The maximum Gasteiger partial charge on any atom is 0.416 e. The van der Waals surface area contributed by atoms with Crippen LogP contribution in [0.1, 0.15) is 24.8 Å². The van der Waals surface area contributed by atoms with Crippen molar-refractivity contribution in [2.24, 2.45) is 11.8 Å². The van der Waals surface area contributed by atoms with Gasteiger partial charge in [0, 0.05) is 42.7 Å². The van der Waals surface area contributed by atoms with Crippen molar-refractivity contribution in [2.45, 2.75) is 32.0 Å². The third-order valence-corrected chi connectivity index (χ3v) is 8.29. The molecule has 1 atom stereocenters. The van der Waals surface area contributed by atoms with E-state index in [1.165, 1.54) is 6.07 Å². The number of alkyl halides is 3. The van der Waals surface area contributed by atoms with Gasteiger partial charge in [-0.05, 0) is 78.1 Å². The molecule has 9 heteroatoms. The highest BCUT2D eigenvalue weighted by Crippen LogP contribution is 2.36. The Labute approximate surface area is 233 Å². The first-order chi connectivity index (χ1) is 19.7. The molecule has 41 heavy (non-hydrogen) atoms. The quantitative estimate of drug-likeness (QED) is 0.269. The minimum Gasteiger partial charge on any atom is -0.342 e. The van der Waals surface area contributed by atoms with Crippen LogP contribution in [0.4, 0.5) is 13.2 Å². The second kappa shape index (κ2) is 9.61. The lowest BCUT2D eigenvalue weighted by Gasteiger charge is -2.18. The summed E-state index contributed by atoms with van der Waals surface area (Å²) in [5.74, 6) is 1.19. The average Bonchev–Trinajstić information content (AvgIpc) is 3.61. The molecule has 3 aromatic carbocycles. The SMILES string of the molecule is O=C(C1CC1)N1CCC(Cn2c(-c3ccc(-c4ccc5c(=O)[nH]ccc5c4)cc3)nc3cc(C(F)(F)F)ccc32)C1. The van der Waals surface area contributed by atoms with Crippen molar-refractivity contribution < 1.29 is 18.0 Å². The maximum atomic E-state index is 13.5. The second-order valence-corrected chi connectivity index (χ2v) is 11.1. The molecule has 1 aliphatic heterocycles. The van der Waals surface area contributed by atoms with Gasteiger partial charge in [0.1, 0.15) is 5.82 Å². The first-order valence-electron chi connectivity index (χ1n) is 13.8. The number of imidazole rings is 1. The fourth-order valence-corrected chi connectivity index (χ4v) is 5.92. The number of amides is 1. The van der Waals surface area contributed by atoms with Crippen LogP contribution in [0.25, 0.3) is 44.3 Å². The van der Waals surface area contributed by atoms with Crippen molar-refractivity contribution in [1.82, 2.24) is 19.4 Å². The van der Waals surface area contributed by atoms with E-state index in [-0.39, 0.29) is 23.3 Å². The van der Waals surface area contributed by atoms with Crippen molar-refractivity contribution in [3.63, 3.8) is 0 Å². The Morgan fingerprint density at radius 1 is 0.927 bits per heavy atom. The number of nitrogens with zero attached hydrogens (tertiary/aromatic N) is 3. The second-order valence-electron chi connectivity index (χ2n) is 11.1. The summed E-state index contributed by atoms with van der Waals surface area (Å²) in [7, 11) is 0. The third-order valence-electron chi connectivity index (χ3n) is 8.29. The molecule has 2 fully saturated rings. The summed E-state index contributed by atoms with van der Waals surface area (Å²) in [5, 5.41) is 1.45. The van der Waals surface area contributed by atoms with Gasteiger partial charge in [0.2, 0.25) is 5.91 Å². The van der Waals surface area contributed by atoms with Gasteiger partial charge < -0.3 is 14.5 Å². The summed E-state index contributed by atoms with van der Waals surface area (Å²) in [6.45, 7) is 1.93. The molecule has 1 unspecified atom stereocenters. The summed E-state index contributed by atoms with van der Waals surface area (Å²) in [4.78, 5) is 34.0. The molecular weight excluding hydrogens is 529 g/mol. The maximum absolute atomic E-state index is 13.5. The number of hydrogen-bond acceptors (Lipinski definition) is 3. The molecule has 1 saturated heterocycles. The van der Waals surface area contributed by atoms with Crippen LogP contribution < -0.4 is 5.56 Å². The highest BCUT2D eigenvalue weighted by molar-refractivity contribution is 5.87. The fourth-order valence-electron chi connectivity index (χ4n) is 5.92. The van der Waals surface area contributed by atoms with Crippen LogP contribution >= 0.6 is 0 Å². The Morgan fingerprint density at radius 2 is 1.68 bits per heavy atom. The zero-order chi connectivity index (χ0) is 28.3. The highest BCUT2D eigenvalue weighted by atomic mass is 19.4. The van der Waals surface area contributed by atoms with Crippen LogP contribution in [0.5, 0.6) is 0 Å². The summed E-state index contributed by atoms with van der Waals surface area (Å²) in [6, 6.07) is 19.0. The minimum atomic E-state index is -4.46. The molecule has 0 radical (unpaired) electrons. The van der Waals surface area contributed by atoms with E-state index in [1.807, 2.05) is 51.9 Å². The first kappa shape index (κ1) is 25.6. The van der Waals surface area contributed by atoms with Gasteiger partial charge in [-0.1, -0.05) is 30.3 Å². The van der Waals surface area contributed by atoms with Crippen molar-refractivity contribution in [1.29, 1.82) is 0 Å². The van der Waals surface area contributed by atoms with E-state index in [2.05, 4.69) is 9.97 Å². The zero-order valence-electron chi connectivity index (χ0n) is 22.1. The average molecular weight is 557 g/mol. The van der Waals surface area contributed by atoms with Crippen LogP contribution in [0.3, 0.4) is 0 Å². The van der Waals surface area contributed by atoms with E-state index in [4.69, 9.17) is 0 Å². The van der Waals surface area contributed by atoms with Gasteiger partial charge in [0.25, 0.3) is 5.56 Å². The number of likely N-dealkylation sites (tertiary alicyclic amines) is 1. The molecule has 3 heterocycles. The van der Waals surface area contributed by atoms with E-state index in [9.17, 15) is 22.8 Å². The molecule has 6 nitrogen and oxygen atoms in total. The standard InChI is InChI=1S/C32H27F3N4O2/c33-32(34,35)25-8-10-28-27(16-25)37-29(39(28)18-19-12-14-38(17-19)31(41)22-5-6-22)21-3-1-20(2-4-21)23-7-9-26-24(15-23)11-13-36-30(26)40/h1-4,7-11,13,15-16,19,22H,5-6,12,14,17-18H2,(H,36,40). The summed E-state index contributed by atoms with van der Waals surface area (Å²) < 4.78 is 42.5. The normalized spacial score (nSPS) is 17.5. The van der Waals surface area contributed by atoms with Crippen molar-refractivity contribution >= 4 is 27.7 Å². The van der Waals surface area contributed by atoms with E-state index >= 15 is 0 Å². The number of carbonyl (C=O) groups is 1. The third kappa shape index (κ3) is 4.79. The largest absolute Gasteiger partial charge is 0.416 e. The topological polar surface area (TPSA) is 71.0 Å². The Balaban J connectivity index is 1.24. The van der Waals surface area contributed by atoms with Crippen molar-refractivity contribution in [3.8, 4) is 22.5 Å². The number of carbonyl (C=O) groups excluding carboxylic acids is 1. The van der Waals surface area contributed by atoms with Crippen LogP contribution in [0.15, 0.2) is 77.7 Å². The molecule has 2 aliphatic rings. The number of pyridine rings is 1. The number of aromatic amines is 1. The molecule has 5 aromatic rings. The smallest absolute Gasteiger partial charge is 0.342 e. The van der Waals surface area contributed by atoms with Crippen LogP contribution in [-0.2, 0) is 17.5 Å². The van der Waals surface area contributed by atoms with E-state index in [0.717, 1.165) is 53.5 Å². The van der Waals surface area contributed by atoms with Crippen molar-refractivity contribution in [2.75, 3.05) is 13.1 Å². The first-order valence-corrected chi connectivity index (χ1v) is 13.8. The van der Waals surface area contributed by atoms with Gasteiger partial charge >= 0.3 is 6.18 Å². The summed E-state index contributed by atoms with van der Waals surface area (Å²) >= 11 is 0. The van der Waals surface area contributed by atoms with Crippen LogP contribution in [0.2, 0.25) is 0 Å². The van der Waals surface area contributed by atoms with Gasteiger partial charge in [-0.15, -0.1) is 0 Å². The molecule has 0 bridgehead atoms. The number of benzene rings is 3. The molecule has 1 amide bonds. The Bertz CT molecular complexity index is 1850. The van der Waals surface area contributed by atoms with Crippen LogP contribution in [0, 0.1) is 11.8 Å². The molecule has 1 saturated carbocycles. The predicted octanol–water partition coefficient (Wildman–Crippen LogP) is 6.49. The van der Waals surface area contributed by atoms with E-state index in [0.29, 0.717) is 41.9 Å². The number of halogens is 3. The Morgan fingerprint density at radius 3 is 2.44 bits per heavy atom. The monoisotopic (exact) mass is 556 g/mol. The zero-order valence-corrected chi connectivity index (χ0v) is 22.1. The molecule has 7 rings (SSSR count). The number of nitrogens with one attached hydrogen (secondary N) is 1. The predicted molar refractivity (Wildman–Crippen MR) is 151 cm³/mol. The molecular formula is C32H27F3N4O2. The molecule has 2 aromatic heterocycles.